The number of amides is 1. The highest BCUT2D eigenvalue weighted by Gasteiger charge is 2.27. The third-order valence-corrected chi connectivity index (χ3v) is 5.64. The molecule has 4 nitrogen and oxygen atoms in total. The fraction of sp³-hybridized carbons (Fsp3) is 0.273. The van der Waals surface area contributed by atoms with Crippen molar-refractivity contribution >= 4 is 29.3 Å². The van der Waals surface area contributed by atoms with Gasteiger partial charge in [0.1, 0.15) is 11.6 Å². The predicted octanol–water partition coefficient (Wildman–Crippen LogP) is 4.11. The highest BCUT2D eigenvalue weighted by Crippen LogP contribution is 2.29. The molecule has 1 aliphatic rings. The van der Waals surface area contributed by atoms with E-state index >= 15 is 0 Å². The number of nitrogens with zero attached hydrogens (tertiary/aromatic N) is 1. The summed E-state index contributed by atoms with van der Waals surface area (Å²) in [7, 11) is 0. The molecular formula is C22H20F2N2O2S. The van der Waals surface area contributed by atoms with Gasteiger partial charge in [-0.15, -0.1) is 0 Å². The minimum absolute atomic E-state index is 0.0742. The monoisotopic (exact) mass is 414 g/mol. The average Bonchev–Trinajstić information content (AvgIpc) is 3.18. The van der Waals surface area contributed by atoms with E-state index in [4.69, 9.17) is 0 Å². The van der Waals surface area contributed by atoms with Crippen LogP contribution in [0.5, 0.6) is 0 Å². The molecule has 1 aliphatic heterocycles. The number of pyridine rings is 1. The number of aromatic nitrogens is 1. The number of halogens is 2. The summed E-state index contributed by atoms with van der Waals surface area (Å²) in [6, 6.07) is 10.4. The summed E-state index contributed by atoms with van der Waals surface area (Å²) in [5, 5.41) is 1.19. The van der Waals surface area contributed by atoms with Crippen molar-refractivity contribution in [1.82, 2.24) is 9.88 Å². The van der Waals surface area contributed by atoms with Crippen LogP contribution in [0.25, 0.3) is 21.9 Å². The normalized spacial score (nSPS) is 16.5. The lowest BCUT2D eigenvalue weighted by molar-refractivity contribution is -0.129. The number of H-pyrrole nitrogens is 1. The second kappa shape index (κ2) is 7.99. The Hall–Kier alpha value is -2.67. The van der Waals surface area contributed by atoms with Crippen molar-refractivity contribution in [2.45, 2.75) is 18.8 Å². The molecule has 0 bridgehead atoms. The van der Waals surface area contributed by atoms with Gasteiger partial charge in [0.2, 0.25) is 5.91 Å². The number of likely N-dealkylation sites (tertiary alicyclic amines) is 1. The zero-order valence-electron chi connectivity index (χ0n) is 15.6. The smallest absolute Gasteiger partial charge is 0.256 e. The number of fused-ring (bicyclic) bond motifs is 1. The van der Waals surface area contributed by atoms with Gasteiger partial charge in [0.15, 0.2) is 0 Å². The van der Waals surface area contributed by atoms with Crippen LogP contribution in [0.15, 0.2) is 47.3 Å². The van der Waals surface area contributed by atoms with Crippen molar-refractivity contribution in [3.63, 3.8) is 0 Å². The second-order valence-electron chi connectivity index (χ2n) is 7.28. The molecule has 0 unspecified atom stereocenters. The Labute approximate surface area is 172 Å². The third-order valence-electron chi connectivity index (χ3n) is 5.42. The van der Waals surface area contributed by atoms with Gasteiger partial charge in [-0.3, -0.25) is 9.59 Å². The molecule has 0 spiro atoms. The molecule has 150 valence electrons. The standard InChI is InChI=1S/C22H20F2N2O2S/c23-16-3-4-17(19(24)11-16)13-1-2-14-10-20(25-22(28)18(14)9-13)15-5-7-26(12-15)21(27)6-8-29/h1-4,9-11,15,29H,5-8,12H2,(H,25,28)/t15-/m1/s1. The molecule has 1 saturated heterocycles. The molecule has 1 fully saturated rings. The first-order valence-corrected chi connectivity index (χ1v) is 10.1. The van der Waals surface area contributed by atoms with Crippen LogP contribution in [-0.4, -0.2) is 34.6 Å². The van der Waals surface area contributed by atoms with Crippen molar-refractivity contribution in [1.29, 1.82) is 0 Å². The first kappa shape index (κ1) is 19.6. The number of hydrogen-bond acceptors (Lipinski definition) is 3. The first-order valence-electron chi connectivity index (χ1n) is 9.47. The molecule has 2 aromatic carbocycles. The highest BCUT2D eigenvalue weighted by atomic mass is 32.1. The summed E-state index contributed by atoms with van der Waals surface area (Å²) in [5.74, 6) is -0.645. The summed E-state index contributed by atoms with van der Waals surface area (Å²) in [5.41, 5.74) is 1.29. The van der Waals surface area contributed by atoms with Crippen molar-refractivity contribution in [3.05, 3.63) is 70.1 Å². The summed E-state index contributed by atoms with van der Waals surface area (Å²) < 4.78 is 27.3. The predicted molar refractivity (Wildman–Crippen MR) is 112 cm³/mol. The Morgan fingerprint density at radius 1 is 1.17 bits per heavy atom. The maximum absolute atomic E-state index is 14.1. The topological polar surface area (TPSA) is 53.2 Å². The molecule has 1 atom stereocenters. The molecule has 4 rings (SSSR count). The van der Waals surface area contributed by atoms with Crippen molar-refractivity contribution in [3.8, 4) is 11.1 Å². The Balaban J connectivity index is 1.65. The van der Waals surface area contributed by atoms with Gasteiger partial charge in [-0.2, -0.15) is 12.6 Å². The van der Waals surface area contributed by atoms with Gasteiger partial charge in [-0.1, -0.05) is 12.1 Å². The zero-order chi connectivity index (χ0) is 20.5. The zero-order valence-corrected chi connectivity index (χ0v) is 16.5. The number of rotatable bonds is 4. The van der Waals surface area contributed by atoms with Crippen LogP contribution in [0.4, 0.5) is 8.78 Å². The van der Waals surface area contributed by atoms with E-state index in [0.29, 0.717) is 36.2 Å². The van der Waals surface area contributed by atoms with Crippen molar-refractivity contribution in [2.75, 3.05) is 18.8 Å². The van der Waals surface area contributed by atoms with Crippen LogP contribution in [0, 0.1) is 11.6 Å². The Morgan fingerprint density at radius 2 is 2.00 bits per heavy atom. The van der Waals surface area contributed by atoms with Crippen LogP contribution in [0.2, 0.25) is 0 Å². The molecular weight excluding hydrogens is 394 g/mol. The van der Waals surface area contributed by atoms with Crippen molar-refractivity contribution < 1.29 is 13.6 Å². The number of carbonyl (C=O) groups excluding carboxylic acids is 1. The molecule has 0 saturated carbocycles. The third kappa shape index (κ3) is 3.92. The maximum atomic E-state index is 14.1. The largest absolute Gasteiger partial charge is 0.342 e. The quantitative estimate of drug-likeness (QED) is 0.632. The fourth-order valence-electron chi connectivity index (χ4n) is 3.89. The van der Waals surface area contributed by atoms with Gasteiger partial charge >= 0.3 is 0 Å². The van der Waals surface area contributed by atoms with Gasteiger partial charge in [0.05, 0.1) is 0 Å². The Kier molecular flexibility index (Phi) is 5.41. The van der Waals surface area contributed by atoms with Gasteiger partial charge in [-0.05, 0) is 47.4 Å². The van der Waals surface area contributed by atoms with Crippen LogP contribution < -0.4 is 5.56 Å². The average molecular weight is 414 g/mol. The SMILES string of the molecule is O=C(CCS)N1CC[C@@H](c2cc3ccc(-c4ccc(F)cc4F)cc3c(=O)[nH]2)C1. The van der Waals surface area contributed by atoms with Crippen LogP contribution >= 0.6 is 12.6 Å². The second-order valence-corrected chi connectivity index (χ2v) is 7.73. The van der Waals surface area contributed by atoms with E-state index < -0.39 is 11.6 Å². The molecule has 3 aromatic rings. The molecule has 1 aromatic heterocycles. The first-order chi connectivity index (χ1) is 14.0. The molecule has 0 radical (unpaired) electrons. The van der Waals surface area contributed by atoms with E-state index in [1.807, 2.05) is 11.0 Å². The van der Waals surface area contributed by atoms with Gasteiger partial charge < -0.3 is 9.88 Å². The van der Waals surface area contributed by atoms with Gasteiger partial charge in [-0.25, -0.2) is 8.78 Å². The molecule has 2 heterocycles. The number of nitrogens with one attached hydrogen (secondary N) is 1. The van der Waals surface area contributed by atoms with Crippen LogP contribution in [0.1, 0.15) is 24.5 Å². The Morgan fingerprint density at radius 3 is 2.76 bits per heavy atom. The lowest BCUT2D eigenvalue weighted by atomic mass is 9.98. The van der Waals surface area contributed by atoms with E-state index in [1.54, 1.807) is 18.2 Å². The highest BCUT2D eigenvalue weighted by molar-refractivity contribution is 7.80. The van der Waals surface area contributed by atoms with E-state index in [1.165, 1.54) is 12.1 Å². The molecule has 1 amide bonds. The molecule has 7 heteroatoms. The number of aromatic amines is 1. The molecule has 1 N–H and O–H groups in total. The summed E-state index contributed by atoms with van der Waals surface area (Å²) >= 11 is 4.11. The van der Waals surface area contributed by atoms with Crippen molar-refractivity contribution in [2.24, 2.45) is 0 Å². The lowest BCUT2D eigenvalue weighted by Crippen LogP contribution is -2.28. The number of hydrogen-bond donors (Lipinski definition) is 2. The minimum atomic E-state index is -0.672. The number of thiol groups is 1. The summed E-state index contributed by atoms with van der Waals surface area (Å²) in [4.78, 5) is 29.5. The fourth-order valence-corrected chi connectivity index (χ4v) is 4.08. The van der Waals surface area contributed by atoms with E-state index in [9.17, 15) is 18.4 Å². The van der Waals surface area contributed by atoms with E-state index in [0.717, 1.165) is 23.6 Å². The lowest BCUT2D eigenvalue weighted by Gasteiger charge is -2.16. The van der Waals surface area contributed by atoms with Gasteiger partial charge in [0, 0.05) is 48.1 Å². The molecule has 29 heavy (non-hydrogen) atoms. The van der Waals surface area contributed by atoms with Crippen LogP contribution in [0.3, 0.4) is 0 Å². The van der Waals surface area contributed by atoms with Crippen LogP contribution in [-0.2, 0) is 4.79 Å². The number of carbonyl (C=O) groups is 1. The summed E-state index contributed by atoms with van der Waals surface area (Å²) in [6.45, 7) is 1.24. The summed E-state index contributed by atoms with van der Waals surface area (Å²) in [6.07, 6.45) is 1.20. The number of benzene rings is 2. The molecule has 0 aliphatic carbocycles. The minimum Gasteiger partial charge on any atom is -0.342 e. The van der Waals surface area contributed by atoms with E-state index in [-0.39, 0.29) is 22.9 Å². The van der Waals surface area contributed by atoms with Gasteiger partial charge in [0.25, 0.3) is 5.56 Å². The Bertz CT molecular complexity index is 1150. The maximum Gasteiger partial charge on any atom is 0.256 e. The van der Waals surface area contributed by atoms with E-state index in [2.05, 4.69) is 17.6 Å².